The third kappa shape index (κ3) is 3.83. The van der Waals surface area contributed by atoms with Gasteiger partial charge >= 0.3 is 0 Å². The molecule has 3 heterocycles. The van der Waals surface area contributed by atoms with Crippen LogP contribution in [0.4, 0.5) is 5.82 Å². The summed E-state index contributed by atoms with van der Waals surface area (Å²) in [5, 5.41) is 7.08. The predicted molar refractivity (Wildman–Crippen MR) is 111 cm³/mol. The molecular formula is C21H25N7O2. The molecule has 0 spiro atoms. The summed E-state index contributed by atoms with van der Waals surface area (Å²) in [7, 11) is 1.76. The van der Waals surface area contributed by atoms with Crippen LogP contribution >= 0.6 is 0 Å². The fourth-order valence-corrected chi connectivity index (χ4v) is 3.91. The second-order valence-corrected chi connectivity index (χ2v) is 7.56. The lowest BCUT2D eigenvalue weighted by molar-refractivity contribution is -0.121. The molecule has 1 aliphatic rings. The molecular weight excluding hydrogens is 382 g/mol. The van der Waals surface area contributed by atoms with Gasteiger partial charge in [-0.2, -0.15) is 0 Å². The number of fused-ring (bicyclic) bond motifs is 1. The molecule has 1 N–H and O–H groups in total. The van der Waals surface area contributed by atoms with Crippen molar-refractivity contribution < 1.29 is 9.59 Å². The lowest BCUT2D eigenvalue weighted by atomic mass is 10.0. The largest absolute Gasteiger partial charge is 0.348 e. The van der Waals surface area contributed by atoms with Gasteiger partial charge in [-0.3, -0.25) is 14.5 Å². The van der Waals surface area contributed by atoms with Gasteiger partial charge < -0.3 is 9.88 Å². The number of carbonyl (C=O) groups excluding carboxylic acids is 2. The van der Waals surface area contributed by atoms with Crippen LogP contribution in [0.2, 0.25) is 0 Å². The van der Waals surface area contributed by atoms with E-state index >= 15 is 0 Å². The molecule has 1 atom stereocenters. The third-order valence-electron chi connectivity index (χ3n) is 5.43. The Hall–Kier alpha value is -3.49. The van der Waals surface area contributed by atoms with Crippen LogP contribution < -0.4 is 10.2 Å². The van der Waals surface area contributed by atoms with Crippen LogP contribution in [0.5, 0.6) is 0 Å². The highest BCUT2D eigenvalue weighted by Gasteiger charge is 2.31. The molecule has 156 valence electrons. The van der Waals surface area contributed by atoms with Gasteiger partial charge in [-0.05, 0) is 25.8 Å². The Balaban J connectivity index is 1.38. The maximum absolute atomic E-state index is 12.9. The minimum atomic E-state index is -0.379. The van der Waals surface area contributed by atoms with E-state index in [-0.39, 0.29) is 30.1 Å². The Bertz CT molecular complexity index is 1070. The Kier molecular flexibility index (Phi) is 5.35. The van der Waals surface area contributed by atoms with Crippen LogP contribution in [0.3, 0.4) is 0 Å². The number of imidazole rings is 1. The Morgan fingerprint density at radius 1 is 1.23 bits per heavy atom. The summed E-state index contributed by atoms with van der Waals surface area (Å²) in [6.07, 6.45) is 2.17. The van der Waals surface area contributed by atoms with Crippen molar-refractivity contribution in [2.75, 3.05) is 18.5 Å². The number of benzene rings is 1. The summed E-state index contributed by atoms with van der Waals surface area (Å²) in [6.45, 7) is 5.31. The summed E-state index contributed by atoms with van der Waals surface area (Å²) in [6, 6.07) is 9.84. The number of nitrogens with one attached hydrogen (secondary N) is 1. The number of nitrogens with zero attached hydrogens (tertiary/aromatic N) is 6. The summed E-state index contributed by atoms with van der Waals surface area (Å²) >= 11 is 0. The standard InChI is InChI=1S/C21H25N7O2/c1-14-20-26(3)21(30)17(9-10-28(20)15(2)24-14)11-22-19(29)18-23-13-27(25-18)12-16-7-5-4-6-8-16/h4-8,13,17H,9-12H2,1-3H3,(H,22,29)/t17-/m0/s1. The average molecular weight is 407 g/mol. The molecule has 4 rings (SSSR count). The zero-order valence-corrected chi connectivity index (χ0v) is 17.4. The molecule has 0 bridgehead atoms. The maximum atomic E-state index is 12.9. The van der Waals surface area contributed by atoms with Crippen LogP contribution in [0.25, 0.3) is 0 Å². The number of rotatable bonds is 5. The molecule has 30 heavy (non-hydrogen) atoms. The highest BCUT2D eigenvalue weighted by atomic mass is 16.2. The van der Waals surface area contributed by atoms with Gasteiger partial charge in [0, 0.05) is 20.1 Å². The van der Waals surface area contributed by atoms with E-state index in [4.69, 9.17) is 0 Å². The number of aromatic nitrogens is 5. The smallest absolute Gasteiger partial charge is 0.290 e. The Labute approximate surface area is 174 Å². The molecule has 0 aliphatic carbocycles. The topological polar surface area (TPSA) is 97.9 Å². The average Bonchev–Trinajstić information content (AvgIpc) is 3.27. The first-order valence-electron chi connectivity index (χ1n) is 9.97. The predicted octanol–water partition coefficient (Wildman–Crippen LogP) is 1.55. The fourth-order valence-electron chi connectivity index (χ4n) is 3.91. The van der Waals surface area contributed by atoms with Crippen molar-refractivity contribution in [3.05, 3.63) is 59.6 Å². The minimum absolute atomic E-state index is 0.0281. The highest BCUT2D eigenvalue weighted by molar-refractivity contribution is 5.96. The van der Waals surface area contributed by atoms with Crippen molar-refractivity contribution in [3.63, 3.8) is 0 Å². The second kappa shape index (κ2) is 8.10. The van der Waals surface area contributed by atoms with Crippen molar-refractivity contribution in [1.82, 2.24) is 29.6 Å². The van der Waals surface area contributed by atoms with E-state index in [2.05, 4.69) is 25.0 Å². The molecule has 0 unspecified atom stereocenters. The van der Waals surface area contributed by atoms with Crippen molar-refractivity contribution in [2.45, 2.75) is 33.4 Å². The van der Waals surface area contributed by atoms with Gasteiger partial charge in [0.15, 0.2) is 0 Å². The lowest BCUT2D eigenvalue weighted by Crippen LogP contribution is -2.39. The van der Waals surface area contributed by atoms with E-state index in [1.54, 1.807) is 23.0 Å². The van der Waals surface area contributed by atoms with E-state index in [9.17, 15) is 9.59 Å². The molecule has 0 fully saturated rings. The van der Waals surface area contributed by atoms with E-state index in [1.807, 2.05) is 44.2 Å². The number of amides is 2. The van der Waals surface area contributed by atoms with Crippen LogP contribution in [0, 0.1) is 19.8 Å². The molecule has 3 aromatic rings. The van der Waals surface area contributed by atoms with E-state index in [0.717, 1.165) is 22.9 Å². The monoisotopic (exact) mass is 407 g/mol. The van der Waals surface area contributed by atoms with Crippen molar-refractivity contribution in [3.8, 4) is 0 Å². The summed E-state index contributed by atoms with van der Waals surface area (Å²) < 4.78 is 3.68. The summed E-state index contributed by atoms with van der Waals surface area (Å²) in [5.41, 5.74) is 1.91. The zero-order valence-electron chi connectivity index (χ0n) is 17.4. The van der Waals surface area contributed by atoms with E-state index < -0.39 is 0 Å². The van der Waals surface area contributed by atoms with Gasteiger partial charge in [0.25, 0.3) is 5.91 Å². The van der Waals surface area contributed by atoms with Crippen LogP contribution in [-0.2, 0) is 17.9 Å². The molecule has 0 saturated carbocycles. The molecule has 2 amide bonds. The maximum Gasteiger partial charge on any atom is 0.290 e. The first-order valence-corrected chi connectivity index (χ1v) is 9.97. The first kappa shape index (κ1) is 19.8. The molecule has 0 radical (unpaired) electrons. The normalized spacial score (nSPS) is 16.3. The van der Waals surface area contributed by atoms with Gasteiger partial charge in [-0.25, -0.2) is 14.6 Å². The SMILES string of the molecule is Cc1nc(C)n2c1N(C)C(=O)[C@H](CNC(=O)c1ncn(Cc3ccccc3)n1)CC2. The summed E-state index contributed by atoms with van der Waals surface area (Å²) in [5.74, 6) is 1.09. The lowest BCUT2D eigenvalue weighted by Gasteiger charge is -2.20. The molecule has 1 aromatic carbocycles. The Morgan fingerprint density at radius 3 is 2.77 bits per heavy atom. The quantitative estimate of drug-likeness (QED) is 0.692. The van der Waals surface area contributed by atoms with Crippen LogP contribution in [0.1, 0.15) is 34.1 Å². The van der Waals surface area contributed by atoms with Crippen LogP contribution in [0.15, 0.2) is 36.7 Å². The number of hydrogen-bond acceptors (Lipinski definition) is 5. The zero-order chi connectivity index (χ0) is 21.3. The van der Waals surface area contributed by atoms with E-state index in [0.29, 0.717) is 19.5 Å². The molecule has 9 nitrogen and oxygen atoms in total. The van der Waals surface area contributed by atoms with Crippen molar-refractivity contribution in [2.24, 2.45) is 5.92 Å². The molecule has 9 heteroatoms. The number of anilines is 1. The van der Waals surface area contributed by atoms with E-state index in [1.165, 1.54) is 0 Å². The van der Waals surface area contributed by atoms with Gasteiger partial charge in [0.1, 0.15) is 18.0 Å². The van der Waals surface area contributed by atoms with Crippen molar-refractivity contribution >= 4 is 17.6 Å². The molecule has 2 aromatic heterocycles. The van der Waals surface area contributed by atoms with Gasteiger partial charge in [0.05, 0.1) is 18.2 Å². The van der Waals surface area contributed by atoms with Crippen LogP contribution in [-0.4, -0.2) is 49.7 Å². The summed E-state index contributed by atoms with van der Waals surface area (Å²) in [4.78, 5) is 35.7. The molecule has 0 saturated heterocycles. The van der Waals surface area contributed by atoms with Gasteiger partial charge in [-0.1, -0.05) is 30.3 Å². The minimum Gasteiger partial charge on any atom is -0.348 e. The Morgan fingerprint density at radius 2 is 2.00 bits per heavy atom. The second-order valence-electron chi connectivity index (χ2n) is 7.56. The third-order valence-corrected chi connectivity index (χ3v) is 5.43. The highest BCUT2D eigenvalue weighted by Crippen LogP contribution is 2.27. The van der Waals surface area contributed by atoms with Crippen molar-refractivity contribution in [1.29, 1.82) is 0 Å². The number of carbonyl (C=O) groups is 2. The van der Waals surface area contributed by atoms with Gasteiger partial charge in [0.2, 0.25) is 11.7 Å². The van der Waals surface area contributed by atoms with Gasteiger partial charge in [-0.15, -0.1) is 5.10 Å². The molecule has 1 aliphatic heterocycles. The first-order chi connectivity index (χ1) is 14.4. The number of aryl methyl sites for hydroxylation is 2. The fraction of sp³-hybridized carbons (Fsp3) is 0.381. The number of hydrogen-bond donors (Lipinski definition) is 1.